The minimum atomic E-state index is -0.726. The van der Waals surface area contributed by atoms with Gasteiger partial charge in [-0.25, -0.2) is 9.18 Å². The first-order valence-corrected chi connectivity index (χ1v) is 7.63. The van der Waals surface area contributed by atoms with Gasteiger partial charge in [-0.2, -0.15) is 0 Å². The summed E-state index contributed by atoms with van der Waals surface area (Å²) in [5.74, 6) is -0.727. The molecule has 2 aromatic carbocycles. The number of ketones is 1. The highest BCUT2D eigenvalue weighted by Gasteiger charge is 2.16. The zero-order valence-corrected chi connectivity index (χ0v) is 14.6. The normalized spacial score (nSPS) is 10.2. The molecule has 0 amide bonds. The molecule has 0 aliphatic carbocycles. The Hall–Kier alpha value is -2.41. The van der Waals surface area contributed by atoms with Crippen molar-refractivity contribution in [1.29, 1.82) is 0 Å². The summed E-state index contributed by atoms with van der Waals surface area (Å²) in [6.45, 7) is -0.446. The second-order valence-electron chi connectivity index (χ2n) is 4.69. The molecule has 24 heavy (non-hydrogen) atoms. The van der Waals surface area contributed by atoms with E-state index in [1.807, 2.05) is 0 Å². The Morgan fingerprint density at radius 2 is 1.75 bits per heavy atom. The first-order valence-electron chi connectivity index (χ1n) is 6.83. The fourth-order valence-electron chi connectivity index (χ4n) is 1.96. The van der Waals surface area contributed by atoms with Crippen LogP contribution in [0.1, 0.15) is 20.7 Å². The Morgan fingerprint density at radius 3 is 2.38 bits per heavy atom. The minimum absolute atomic E-state index is 0.136. The molecule has 0 fully saturated rings. The number of methoxy groups -OCH3 is 2. The summed E-state index contributed by atoms with van der Waals surface area (Å²) in [5, 5.41) is 0. The minimum Gasteiger partial charge on any atom is -0.493 e. The van der Waals surface area contributed by atoms with Gasteiger partial charge in [-0.3, -0.25) is 4.79 Å². The molecule has 0 unspecified atom stereocenters. The maximum Gasteiger partial charge on any atom is 0.339 e. The van der Waals surface area contributed by atoms with Crippen LogP contribution in [0.5, 0.6) is 11.5 Å². The summed E-state index contributed by atoms with van der Waals surface area (Å²) >= 11 is 3.08. The van der Waals surface area contributed by atoms with E-state index in [1.165, 1.54) is 26.4 Å². The molecule has 2 rings (SSSR count). The lowest BCUT2D eigenvalue weighted by Crippen LogP contribution is -2.15. The lowest BCUT2D eigenvalue weighted by Gasteiger charge is -2.09. The number of rotatable bonds is 6. The van der Waals surface area contributed by atoms with Crippen LogP contribution in [0.2, 0.25) is 0 Å². The number of carbonyl (C=O) groups excluding carboxylic acids is 2. The van der Waals surface area contributed by atoms with Crippen LogP contribution in [-0.2, 0) is 4.74 Å². The molecule has 0 N–H and O–H groups in total. The van der Waals surface area contributed by atoms with E-state index in [0.29, 0.717) is 17.1 Å². The molecule has 0 radical (unpaired) electrons. The largest absolute Gasteiger partial charge is 0.493 e. The number of Topliss-reactive ketones (excluding diaryl/α,β-unsaturated/α-hetero) is 1. The van der Waals surface area contributed by atoms with E-state index >= 15 is 0 Å². The van der Waals surface area contributed by atoms with Gasteiger partial charge in [0.15, 0.2) is 23.9 Å². The Kier molecular flexibility index (Phi) is 5.92. The highest BCUT2D eigenvalue weighted by atomic mass is 79.9. The molecule has 126 valence electrons. The molecular weight excluding hydrogens is 383 g/mol. The summed E-state index contributed by atoms with van der Waals surface area (Å²) < 4.78 is 28.5. The third-order valence-corrected chi connectivity index (χ3v) is 3.85. The van der Waals surface area contributed by atoms with E-state index in [9.17, 15) is 14.0 Å². The molecule has 0 saturated carbocycles. The van der Waals surface area contributed by atoms with Crippen molar-refractivity contribution >= 4 is 27.7 Å². The SMILES string of the molecule is COc1ccc(C(=O)COC(=O)c2ccc(F)cc2Br)cc1OC. The van der Waals surface area contributed by atoms with Crippen LogP contribution in [-0.4, -0.2) is 32.6 Å². The number of hydrogen-bond acceptors (Lipinski definition) is 5. The summed E-state index contributed by atoms with van der Waals surface area (Å²) in [7, 11) is 2.94. The molecule has 0 atom stereocenters. The standard InChI is InChI=1S/C17H14BrFO5/c1-22-15-6-3-10(7-16(15)23-2)14(20)9-24-17(21)12-5-4-11(19)8-13(12)18/h3-8H,9H2,1-2H3. The smallest absolute Gasteiger partial charge is 0.339 e. The van der Waals surface area contributed by atoms with Crippen molar-refractivity contribution in [2.45, 2.75) is 0 Å². The highest BCUT2D eigenvalue weighted by molar-refractivity contribution is 9.10. The van der Waals surface area contributed by atoms with E-state index < -0.39 is 24.2 Å². The maximum atomic E-state index is 13.0. The average Bonchev–Trinajstić information content (AvgIpc) is 2.58. The van der Waals surface area contributed by atoms with E-state index in [0.717, 1.165) is 12.1 Å². The summed E-state index contributed by atoms with van der Waals surface area (Å²) in [5.41, 5.74) is 0.454. The van der Waals surface area contributed by atoms with Crippen LogP contribution in [0.4, 0.5) is 4.39 Å². The molecule has 0 aliphatic rings. The molecule has 0 bridgehead atoms. The van der Waals surface area contributed by atoms with Crippen molar-refractivity contribution in [2.75, 3.05) is 20.8 Å². The molecule has 0 spiro atoms. The van der Waals surface area contributed by atoms with Crippen LogP contribution in [0, 0.1) is 5.82 Å². The molecule has 7 heteroatoms. The fraction of sp³-hybridized carbons (Fsp3) is 0.176. The predicted octanol–water partition coefficient (Wildman–Crippen LogP) is 3.65. The van der Waals surface area contributed by atoms with Crippen LogP contribution in [0.3, 0.4) is 0 Å². The number of benzene rings is 2. The first kappa shape index (κ1) is 17.9. The second-order valence-corrected chi connectivity index (χ2v) is 5.55. The van der Waals surface area contributed by atoms with Gasteiger partial charge in [0.25, 0.3) is 0 Å². The Bertz CT molecular complexity index is 776. The van der Waals surface area contributed by atoms with Gasteiger partial charge in [-0.1, -0.05) is 0 Å². The van der Waals surface area contributed by atoms with Gasteiger partial charge in [0.2, 0.25) is 0 Å². The van der Waals surface area contributed by atoms with Gasteiger partial charge < -0.3 is 14.2 Å². The van der Waals surface area contributed by atoms with E-state index in [2.05, 4.69) is 15.9 Å². The van der Waals surface area contributed by atoms with Crippen LogP contribution < -0.4 is 9.47 Å². The van der Waals surface area contributed by atoms with Gasteiger partial charge in [0.1, 0.15) is 5.82 Å². The molecule has 0 saturated heterocycles. The molecular formula is C17H14BrFO5. The lowest BCUT2D eigenvalue weighted by atomic mass is 10.1. The number of hydrogen-bond donors (Lipinski definition) is 0. The van der Waals surface area contributed by atoms with Crippen LogP contribution >= 0.6 is 15.9 Å². The van der Waals surface area contributed by atoms with Crippen molar-refractivity contribution in [1.82, 2.24) is 0 Å². The van der Waals surface area contributed by atoms with Crippen molar-refractivity contribution in [3.8, 4) is 11.5 Å². The average molecular weight is 397 g/mol. The van der Waals surface area contributed by atoms with Gasteiger partial charge in [-0.15, -0.1) is 0 Å². The molecule has 5 nitrogen and oxygen atoms in total. The monoisotopic (exact) mass is 396 g/mol. The topological polar surface area (TPSA) is 61.8 Å². The van der Waals surface area contributed by atoms with Crippen LogP contribution in [0.25, 0.3) is 0 Å². The van der Waals surface area contributed by atoms with Crippen molar-refractivity contribution in [2.24, 2.45) is 0 Å². The Morgan fingerprint density at radius 1 is 1.04 bits per heavy atom. The third-order valence-electron chi connectivity index (χ3n) is 3.19. The van der Waals surface area contributed by atoms with Gasteiger partial charge >= 0.3 is 5.97 Å². The molecule has 2 aromatic rings. The third kappa shape index (κ3) is 4.11. The van der Waals surface area contributed by atoms with Crippen molar-refractivity contribution in [3.63, 3.8) is 0 Å². The van der Waals surface area contributed by atoms with Crippen molar-refractivity contribution in [3.05, 3.63) is 57.8 Å². The van der Waals surface area contributed by atoms with E-state index in [1.54, 1.807) is 12.1 Å². The summed E-state index contributed by atoms with van der Waals surface area (Å²) in [4.78, 5) is 24.1. The van der Waals surface area contributed by atoms with E-state index in [4.69, 9.17) is 14.2 Å². The molecule has 0 aromatic heterocycles. The number of halogens is 2. The number of carbonyl (C=O) groups is 2. The van der Waals surface area contributed by atoms with E-state index in [-0.39, 0.29) is 10.0 Å². The van der Waals surface area contributed by atoms with Gasteiger partial charge in [0, 0.05) is 10.0 Å². The quantitative estimate of drug-likeness (QED) is 0.550. The Labute approximate surface area is 146 Å². The summed E-state index contributed by atoms with van der Waals surface area (Å²) in [6.07, 6.45) is 0. The molecule has 0 heterocycles. The first-order chi connectivity index (χ1) is 11.5. The predicted molar refractivity (Wildman–Crippen MR) is 88.3 cm³/mol. The number of esters is 1. The zero-order valence-electron chi connectivity index (χ0n) is 13.0. The number of ether oxygens (including phenoxy) is 3. The summed E-state index contributed by atoms with van der Waals surface area (Å²) in [6, 6.07) is 8.20. The lowest BCUT2D eigenvalue weighted by molar-refractivity contribution is 0.0473. The van der Waals surface area contributed by atoms with Crippen molar-refractivity contribution < 1.29 is 28.2 Å². The zero-order chi connectivity index (χ0) is 17.7. The second kappa shape index (κ2) is 7.92. The van der Waals surface area contributed by atoms with Gasteiger partial charge in [0.05, 0.1) is 19.8 Å². The maximum absolute atomic E-state index is 13.0. The Balaban J connectivity index is 2.06. The van der Waals surface area contributed by atoms with Gasteiger partial charge in [-0.05, 0) is 52.3 Å². The highest BCUT2D eigenvalue weighted by Crippen LogP contribution is 2.27. The molecule has 0 aliphatic heterocycles. The van der Waals surface area contributed by atoms with Crippen LogP contribution in [0.15, 0.2) is 40.9 Å². The fourth-order valence-corrected chi connectivity index (χ4v) is 2.47.